The number of hydrogen-bond donors (Lipinski definition) is 1. The van der Waals surface area contributed by atoms with Crippen LogP contribution in [0.1, 0.15) is 39.5 Å². The van der Waals surface area contributed by atoms with Gasteiger partial charge in [-0.05, 0) is 51.7 Å². The first-order valence-corrected chi connectivity index (χ1v) is 7.85. The zero-order chi connectivity index (χ0) is 13.9. The van der Waals surface area contributed by atoms with E-state index in [0.717, 1.165) is 30.7 Å². The van der Waals surface area contributed by atoms with Gasteiger partial charge in [0, 0.05) is 31.4 Å². The van der Waals surface area contributed by atoms with Crippen LogP contribution in [0.5, 0.6) is 5.75 Å². The Labute approximate surface area is 121 Å². The van der Waals surface area contributed by atoms with E-state index in [-0.39, 0.29) is 6.10 Å². The smallest absolute Gasteiger partial charge is 0.171 e. The van der Waals surface area contributed by atoms with Gasteiger partial charge in [-0.2, -0.15) is 0 Å². The number of pyridine rings is 1. The molecule has 1 aromatic rings. The second-order valence-electron chi connectivity index (χ2n) is 6.16. The van der Waals surface area contributed by atoms with Crippen molar-refractivity contribution in [2.75, 3.05) is 18.0 Å². The fraction of sp³-hybridized carbons (Fsp3) is 0.688. The zero-order valence-corrected chi connectivity index (χ0v) is 12.5. The maximum Gasteiger partial charge on any atom is 0.171 e. The van der Waals surface area contributed by atoms with Crippen LogP contribution in [0.15, 0.2) is 18.3 Å². The number of nitrogens with zero attached hydrogens (tertiary/aromatic N) is 2. The number of anilines is 1. The lowest BCUT2D eigenvalue weighted by molar-refractivity contribution is 0.242. The molecule has 1 saturated heterocycles. The molecule has 0 spiro atoms. The maximum atomic E-state index is 5.92. The monoisotopic (exact) mass is 275 g/mol. The molecule has 1 N–H and O–H groups in total. The molecule has 2 aliphatic rings. The van der Waals surface area contributed by atoms with Gasteiger partial charge in [0.2, 0.25) is 0 Å². The van der Waals surface area contributed by atoms with Crippen LogP contribution in [-0.2, 0) is 0 Å². The molecule has 20 heavy (non-hydrogen) atoms. The third kappa shape index (κ3) is 3.23. The van der Waals surface area contributed by atoms with Crippen LogP contribution >= 0.6 is 0 Å². The quantitative estimate of drug-likeness (QED) is 0.866. The van der Waals surface area contributed by atoms with Crippen molar-refractivity contribution >= 4 is 5.82 Å². The minimum atomic E-state index is 0.184. The average molecular weight is 275 g/mol. The van der Waals surface area contributed by atoms with Gasteiger partial charge in [0.1, 0.15) is 0 Å². The molecule has 1 aliphatic carbocycles. The number of nitrogens with one attached hydrogen (secondary N) is 1. The molecule has 1 saturated carbocycles. The summed E-state index contributed by atoms with van der Waals surface area (Å²) in [6.45, 7) is 6.28. The van der Waals surface area contributed by atoms with Gasteiger partial charge in [0.15, 0.2) is 11.6 Å². The van der Waals surface area contributed by atoms with E-state index in [1.54, 1.807) is 0 Å². The van der Waals surface area contributed by atoms with Crippen LogP contribution in [0.25, 0.3) is 0 Å². The topological polar surface area (TPSA) is 37.4 Å². The Morgan fingerprint density at radius 3 is 3.00 bits per heavy atom. The Morgan fingerprint density at radius 1 is 1.40 bits per heavy atom. The van der Waals surface area contributed by atoms with E-state index < -0.39 is 0 Å². The van der Waals surface area contributed by atoms with Crippen LogP contribution in [0, 0.1) is 0 Å². The molecule has 3 rings (SSSR count). The largest absolute Gasteiger partial charge is 0.487 e. The number of rotatable bonds is 6. The van der Waals surface area contributed by atoms with Crippen molar-refractivity contribution < 1.29 is 4.74 Å². The van der Waals surface area contributed by atoms with Gasteiger partial charge in [-0.25, -0.2) is 4.98 Å². The van der Waals surface area contributed by atoms with Crippen LogP contribution < -0.4 is 15.0 Å². The van der Waals surface area contributed by atoms with Crippen molar-refractivity contribution in [1.82, 2.24) is 10.3 Å². The van der Waals surface area contributed by atoms with Crippen molar-refractivity contribution in [3.63, 3.8) is 0 Å². The van der Waals surface area contributed by atoms with Crippen molar-refractivity contribution in [3.05, 3.63) is 18.3 Å². The Hall–Kier alpha value is -1.29. The van der Waals surface area contributed by atoms with Crippen LogP contribution in [0.3, 0.4) is 0 Å². The minimum Gasteiger partial charge on any atom is -0.487 e. The third-order valence-corrected chi connectivity index (χ3v) is 3.98. The summed E-state index contributed by atoms with van der Waals surface area (Å²) in [5.74, 6) is 1.93. The molecule has 0 aromatic carbocycles. The van der Waals surface area contributed by atoms with Gasteiger partial charge in [-0.3, -0.25) is 0 Å². The van der Waals surface area contributed by atoms with Crippen molar-refractivity contribution in [3.8, 4) is 5.75 Å². The SMILES string of the molecule is CC(C)Oc1cccnc1N1CCCC1CNC1CC1. The lowest BCUT2D eigenvalue weighted by Crippen LogP contribution is -2.39. The van der Waals surface area contributed by atoms with E-state index in [9.17, 15) is 0 Å². The Morgan fingerprint density at radius 2 is 2.25 bits per heavy atom. The van der Waals surface area contributed by atoms with Crippen molar-refractivity contribution in [2.45, 2.75) is 57.7 Å². The summed E-state index contributed by atoms with van der Waals surface area (Å²) in [6, 6.07) is 5.31. The van der Waals surface area contributed by atoms with Crippen LogP contribution in [-0.4, -0.2) is 36.3 Å². The third-order valence-electron chi connectivity index (χ3n) is 3.98. The highest BCUT2D eigenvalue weighted by atomic mass is 16.5. The zero-order valence-electron chi connectivity index (χ0n) is 12.5. The minimum absolute atomic E-state index is 0.184. The van der Waals surface area contributed by atoms with Crippen LogP contribution in [0.4, 0.5) is 5.82 Å². The first kappa shape index (κ1) is 13.7. The average Bonchev–Trinajstić information content (AvgIpc) is 3.14. The summed E-state index contributed by atoms with van der Waals surface area (Å²) in [4.78, 5) is 7.00. The molecule has 110 valence electrons. The Kier molecular flexibility index (Phi) is 4.10. The predicted octanol–water partition coefficient (Wildman–Crippen LogP) is 2.59. The van der Waals surface area contributed by atoms with Gasteiger partial charge in [-0.15, -0.1) is 0 Å². The number of ether oxygens (including phenoxy) is 1. The molecule has 4 nitrogen and oxygen atoms in total. The Bertz CT molecular complexity index is 445. The molecule has 1 atom stereocenters. The molecule has 1 aromatic heterocycles. The fourth-order valence-corrected chi connectivity index (χ4v) is 2.86. The summed E-state index contributed by atoms with van der Waals surface area (Å²) in [5, 5.41) is 3.65. The van der Waals surface area contributed by atoms with Gasteiger partial charge < -0.3 is 15.0 Å². The molecule has 2 heterocycles. The van der Waals surface area contributed by atoms with E-state index in [2.05, 4.69) is 29.0 Å². The fourth-order valence-electron chi connectivity index (χ4n) is 2.86. The van der Waals surface area contributed by atoms with Gasteiger partial charge in [-0.1, -0.05) is 0 Å². The van der Waals surface area contributed by atoms with E-state index in [0.29, 0.717) is 6.04 Å². The molecule has 1 aliphatic heterocycles. The Balaban J connectivity index is 1.72. The molecular weight excluding hydrogens is 250 g/mol. The molecule has 4 heteroatoms. The highest BCUT2D eigenvalue weighted by molar-refractivity contribution is 5.53. The van der Waals surface area contributed by atoms with Gasteiger partial charge in [0.25, 0.3) is 0 Å². The second kappa shape index (κ2) is 6.00. The van der Waals surface area contributed by atoms with Crippen molar-refractivity contribution in [1.29, 1.82) is 0 Å². The molecule has 0 bridgehead atoms. The molecule has 0 radical (unpaired) electrons. The first-order valence-electron chi connectivity index (χ1n) is 7.85. The van der Waals surface area contributed by atoms with E-state index in [1.165, 1.54) is 25.7 Å². The second-order valence-corrected chi connectivity index (χ2v) is 6.16. The van der Waals surface area contributed by atoms with E-state index >= 15 is 0 Å². The van der Waals surface area contributed by atoms with E-state index in [1.807, 2.05) is 18.3 Å². The summed E-state index contributed by atoms with van der Waals surface area (Å²) in [6.07, 6.45) is 7.23. The predicted molar refractivity (Wildman–Crippen MR) is 81.4 cm³/mol. The normalized spacial score (nSPS) is 22.6. The summed E-state index contributed by atoms with van der Waals surface area (Å²) >= 11 is 0. The lowest BCUT2D eigenvalue weighted by atomic mass is 10.2. The summed E-state index contributed by atoms with van der Waals surface area (Å²) in [5.41, 5.74) is 0. The lowest BCUT2D eigenvalue weighted by Gasteiger charge is -2.28. The molecule has 2 fully saturated rings. The van der Waals surface area contributed by atoms with Gasteiger partial charge >= 0.3 is 0 Å². The number of hydrogen-bond acceptors (Lipinski definition) is 4. The highest BCUT2D eigenvalue weighted by Crippen LogP contribution is 2.32. The maximum absolute atomic E-state index is 5.92. The summed E-state index contributed by atoms with van der Waals surface area (Å²) in [7, 11) is 0. The van der Waals surface area contributed by atoms with Crippen molar-refractivity contribution in [2.24, 2.45) is 0 Å². The van der Waals surface area contributed by atoms with Crippen LogP contribution in [0.2, 0.25) is 0 Å². The first-order chi connectivity index (χ1) is 9.74. The molecule has 1 unspecified atom stereocenters. The standard InChI is InChI=1S/C16H25N3O/c1-12(2)20-15-6-3-9-17-16(15)19-10-4-5-14(19)11-18-13-7-8-13/h3,6,9,12-14,18H,4-5,7-8,10-11H2,1-2H3. The molecule has 0 amide bonds. The summed E-state index contributed by atoms with van der Waals surface area (Å²) < 4.78 is 5.92. The number of aromatic nitrogens is 1. The van der Waals surface area contributed by atoms with Gasteiger partial charge in [0.05, 0.1) is 6.10 Å². The molecular formula is C16H25N3O. The van der Waals surface area contributed by atoms with E-state index in [4.69, 9.17) is 4.74 Å². The highest BCUT2D eigenvalue weighted by Gasteiger charge is 2.30.